The van der Waals surface area contributed by atoms with Crippen molar-refractivity contribution in [3.8, 4) is 0 Å². The van der Waals surface area contributed by atoms with Crippen molar-refractivity contribution in [3.05, 3.63) is 65.2 Å². The van der Waals surface area contributed by atoms with Gasteiger partial charge in [0.15, 0.2) is 0 Å². The van der Waals surface area contributed by atoms with Crippen molar-refractivity contribution in [1.82, 2.24) is 0 Å². The molecule has 0 aliphatic carbocycles. The molecule has 2 aromatic carbocycles. The molecule has 2 heteroatoms. The Morgan fingerprint density at radius 3 is 2.35 bits per heavy atom. The smallest absolute Gasteiger partial charge is 0.221 e. The van der Waals surface area contributed by atoms with Crippen LogP contribution in [0.1, 0.15) is 30.0 Å². The highest BCUT2D eigenvalue weighted by atomic mass is 16.1. The maximum absolute atomic E-state index is 10.9. The Kier molecular flexibility index (Phi) is 4.94. The van der Waals surface area contributed by atoms with Crippen LogP contribution in [0.15, 0.2) is 48.5 Å². The molecule has 0 saturated heterocycles. The molecule has 0 atom stereocenters. The van der Waals surface area contributed by atoms with Crippen molar-refractivity contribution in [2.45, 2.75) is 33.1 Å². The first-order valence-electron chi connectivity index (χ1n) is 7.06. The summed E-state index contributed by atoms with van der Waals surface area (Å²) >= 11 is 0. The van der Waals surface area contributed by atoms with Gasteiger partial charge in [-0.1, -0.05) is 36.4 Å². The first-order valence-corrected chi connectivity index (χ1v) is 7.06. The summed E-state index contributed by atoms with van der Waals surface area (Å²) < 4.78 is 0. The van der Waals surface area contributed by atoms with Crippen LogP contribution in [0.4, 0.5) is 5.69 Å². The number of carbonyl (C=O) groups is 1. The summed E-state index contributed by atoms with van der Waals surface area (Å²) in [5.74, 6) is -0.0303. The number of hydrogen-bond donors (Lipinski definition) is 1. The molecule has 2 aromatic rings. The number of rotatable bonds is 5. The van der Waals surface area contributed by atoms with Gasteiger partial charge in [0.05, 0.1) is 0 Å². The second kappa shape index (κ2) is 6.90. The van der Waals surface area contributed by atoms with E-state index in [4.69, 9.17) is 0 Å². The Morgan fingerprint density at radius 1 is 1.00 bits per heavy atom. The summed E-state index contributed by atoms with van der Waals surface area (Å²) in [7, 11) is 0. The van der Waals surface area contributed by atoms with Gasteiger partial charge in [-0.2, -0.15) is 0 Å². The maximum atomic E-state index is 10.9. The number of carbonyl (C=O) groups excluding carboxylic acids is 1. The van der Waals surface area contributed by atoms with Crippen LogP contribution >= 0.6 is 0 Å². The highest BCUT2D eigenvalue weighted by Gasteiger charge is 1.99. The van der Waals surface area contributed by atoms with Gasteiger partial charge in [0, 0.05) is 12.6 Å². The monoisotopic (exact) mass is 267 g/mol. The van der Waals surface area contributed by atoms with Gasteiger partial charge in [0.25, 0.3) is 0 Å². The SMILES string of the molecule is CC(=O)Nc1ccc(CCCc2ccccc2C)cc1. The highest BCUT2D eigenvalue weighted by Crippen LogP contribution is 2.14. The fourth-order valence-electron chi connectivity index (χ4n) is 2.33. The largest absolute Gasteiger partial charge is 0.326 e. The normalized spacial score (nSPS) is 10.3. The van der Waals surface area contributed by atoms with Crippen LogP contribution in [-0.4, -0.2) is 5.91 Å². The van der Waals surface area contributed by atoms with Gasteiger partial charge in [-0.3, -0.25) is 4.79 Å². The van der Waals surface area contributed by atoms with Gasteiger partial charge in [-0.05, 0) is 55.0 Å². The first-order chi connectivity index (χ1) is 9.65. The highest BCUT2D eigenvalue weighted by molar-refractivity contribution is 5.88. The van der Waals surface area contributed by atoms with E-state index in [1.54, 1.807) is 0 Å². The van der Waals surface area contributed by atoms with E-state index >= 15 is 0 Å². The molecule has 2 rings (SSSR count). The second-order valence-corrected chi connectivity index (χ2v) is 5.16. The van der Waals surface area contributed by atoms with E-state index < -0.39 is 0 Å². The van der Waals surface area contributed by atoms with E-state index in [0.717, 1.165) is 24.9 Å². The lowest BCUT2D eigenvalue weighted by Crippen LogP contribution is -2.05. The van der Waals surface area contributed by atoms with Crippen LogP contribution in [0.3, 0.4) is 0 Å². The average molecular weight is 267 g/mol. The molecule has 0 aromatic heterocycles. The Bertz CT molecular complexity index is 572. The molecule has 0 unspecified atom stereocenters. The summed E-state index contributed by atoms with van der Waals surface area (Å²) in [6, 6.07) is 16.7. The van der Waals surface area contributed by atoms with Gasteiger partial charge in [0.1, 0.15) is 0 Å². The molecule has 0 radical (unpaired) electrons. The van der Waals surface area contributed by atoms with E-state index in [2.05, 4.69) is 48.6 Å². The average Bonchev–Trinajstić information content (AvgIpc) is 2.42. The third-order valence-electron chi connectivity index (χ3n) is 3.45. The lowest BCUT2D eigenvalue weighted by Gasteiger charge is -2.07. The van der Waals surface area contributed by atoms with Crippen molar-refractivity contribution in [1.29, 1.82) is 0 Å². The molecule has 0 saturated carbocycles. The molecule has 1 N–H and O–H groups in total. The summed E-state index contributed by atoms with van der Waals surface area (Å²) in [5.41, 5.74) is 4.98. The molecule has 0 spiro atoms. The maximum Gasteiger partial charge on any atom is 0.221 e. The van der Waals surface area contributed by atoms with Crippen LogP contribution < -0.4 is 5.32 Å². The van der Waals surface area contributed by atoms with E-state index in [1.807, 2.05) is 12.1 Å². The summed E-state index contributed by atoms with van der Waals surface area (Å²) in [5, 5.41) is 2.78. The molecule has 2 nitrogen and oxygen atoms in total. The van der Waals surface area contributed by atoms with E-state index in [-0.39, 0.29) is 5.91 Å². The van der Waals surface area contributed by atoms with Crippen LogP contribution in [0.5, 0.6) is 0 Å². The fraction of sp³-hybridized carbons (Fsp3) is 0.278. The Morgan fingerprint density at radius 2 is 1.70 bits per heavy atom. The molecule has 104 valence electrons. The lowest BCUT2D eigenvalue weighted by molar-refractivity contribution is -0.114. The third-order valence-corrected chi connectivity index (χ3v) is 3.45. The molecule has 0 heterocycles. The van der Waals surface area contributed by atoms with Crippen LogP contribution in [0, 0.1) is 6.92 Å². The minimum Gasteiger partial charge on any atom is -0.326 e. The van der Waals surface area contributed by atoms with Crippen LogP contribution in [-0.2, 0) is 17.6 Å². The Labute approximate surface area is 120 Å². The van der Waals surface area contributed by atoms with Crippen LogP contribution in [0.2, 0.25) is 0 Å². The molecule has 1 amide bonds. The first kappa shape index (κ1) is 14.3. The van der Waals surface area contributed by atoms with Crippen LogP contribution in [0.25, 0.3) is 0 Å². The fourth-order valence-corrected chi connectivity index (χ4v) is 2.33. The molecule has 0 aliphatic rings. The zero-order valence-corrected chi connectivity index (χ0v) is 12.1. The van der Waals surface area contributed by atoms with E-state index in [9.17, 15) is 4.79 Å². The predicted octanol–water partition coefficient (Wildman–Crippen LogP) is 4.13. The predicted molar refractivity (Wildman–Crippen MR) is 83.9 cm³/mol. The third kappa shape index (κ3) is 4.23. The topological polar surface area (TPSA) is 29.1 Å². The zero-order valence-electron chi connectivity index (χ0n) is 12.1. The summed E-state index contributed by atoms with van der Waals surface area (Å²) in [4.78, 5) is 10.9. The molecular weight excluding hydrogens is 246 g/mol. The quantitative estimate of drug-likeness (QED) is 0.867. The van der Waals surface area contributed by atoms with Crippen molar-refractivity contribution >= 4 is 11.6 Å². The summed E-state index contributed by atoms with van der Waals surface area (Å²) in [6.45, 7) is 3.69. The lowest BCUT2D eigenvalue weighted by atomic mass is 10.0. The summed E-state index contributed by atoms with van der Waals surface area (Å²) in [6.07, 6.45) is 3.32. The van der Waals surface area contributed by atoms with Gasteiger partial charge in [-0.25, -0.2) is 0 Å². The van der Waals surface area contributed by atoms with Gasteiger partial charge in [-0.15, -0.1) is 0 Å². The van der Waals surface area contributed by atoms with Gasteiger partial charge >= 0.3 is 0 Å². The zero-order chi connectivity index (χ0) is 14.4. The van der Waals surface area contributed by atoms with Crippen molar-refractivity contribution in [2.24, 2.45) is 0 Å². The minimum absolute atomic E-state index is 0.0303. The van der Waals surface area contributed by atoms with Gasteiger partial charge in [0.2, 0.25) is 5.91 Å². The molecule has 0 aliphatic heterocycles. The number of nitrogens with one attached hydrogen (secondary N) is 1. The number of aryl methyl sites for hydroxylation is 3. The second-order valence-electron chi connectivity index (χ2n) is 5.16. The minimum atomic E-state index is -0.0303. The number of hydrogen-bond acceptors (Lipinski definition) is 1. The van der Waals surface area contributed by atoms with Crippen molar-refractivity contribution < 1.29 is 4.79 Å². The number of benzene rings is 2. The number of amides is 1. The van der Waals surface area contributed by atoms with Gasteiger partial charge < -0.3 is 5.32 Å². The molecule has 20 heavy (non-hydrogen) atoms. The molecular formula is C18H21NO. The Balaban J connectivity index is 1.85. The standard InChI is InChI=1S/C18H21NO/c1-14-6-3-4-8-17(14)9-5-7-16-10-12-18(13-11-16)19-15(2)20/h3-4,6,8,10-13H,5,7,9H2,1-2H3,(H,19,20). The molecule has 0 bridgehead atoms. The van der Waals surface area contributed by atoms with E-state index in [0.29, 0.717) is 0 Å². The van der Waals surface area contributed by atoms with Crippen molar-refractivity contribution in [3.63, 3.8) is 0 Å². The van der Waals surface area contributed by atoms with Crippen molar-refractivity contribution in [2.75, 3.05) is 5.32 Å². The van der Waals surface area contributed by atoms with E-state index in [1.165, 1.54) is 23.6 Å². The number of anilines is 1. The molecule has 0 fully saturated rings. The Hall–Kier alpha value is -2.09.